The number of thiophene rings is 1. The van der Waals surface area contributed by atoms with Crippen molar-refractivity contribution in [1.82, 2.24) is 5.32 Å². The molecule has 7 heteroatoms. The van der Waals surface area contributed by atoms with E-state index < -0.39 is 5.91 Å². The van der Waals surface area contributed by atoms with Gasteiger partial charge in [0, 0.05) is 11.0 Å². The van der Waals surface area contributed by atoms with Crippen molar-refractivity contribution in [3.05, 3.63) is 70.1 Å². The van der Waals surface area contributed by atoms with Gasteiger partial charge in [-0.05, 0) is 54.0 Å². The van der Waals surface area contributed by atoms with Crippen LogP contribution in [-0.4, -0.2) is 16.9 Å². The van der Waals surface area contributed by atoms with Crippen LogP contribution in [-0.2, 0) is 4.79 Å². The van der Waals surface area contributed by atoms with E-state index in [9.17, 15) is 9.59 Å². The Morgan fingerprint density at radius 2 is 1.82 bits per heavy atom. The highest BCUT2D eigenvalue weighted by atomic mass is 32.1. The molecule has 3 aromatic rings. The summed E-state index contributed by atoms with van der Waals surface area (Å²) in [5.41, 5.74) is 7.59. The number of thiocarbonyl (C=S) groups is 1. The van der Waals surface area contributed by atoms with Gasteiger partial charge in [-0.25, -0.2) is 0 Å². The molecule has 0 spiro atoms. The van der Waals surface area contributed by atoms with Gasteiger partial charge in [0.2, 0.25) is 5.91 Å². The number of nitrogens with one attached hydrogen (secondary N) is 2. The summed E-state index contributed by atoms with van der Waals surface area (Å²) in [4.78, 5) is 24.9. The summed E-state index contributed by atoms with van der Waals surface area (Å²) in [5, 5.41) is 8.29. The highest BCUT2D eigenvalue weighted by molar-refractivity contribution is 7.80. The first kappa shape index (κ1) is 19.7. The van der Waals surface area contributed by atoms with Gasteiger partial charge in [0.05, 0.1) is 5.56 Å². The van der Waals surface area contributed by atoms with Crippen molar-refractivity contribution >= 4 is 62.3 Å². The van der Waals surface area contributed by atoms with Crippen LogP contribution in [0.25, 0.3) is 16.8 Å². The monoisotopic (exact) mass is 409 g/mol. The number of hydrogen-bond donors (Lipinski definition) is 3. The number of primary amides is 1. The minimum atomic E-state index is -0.533. The Morgan fingerprint density at radius 3 is 2.57 bits per heavy atom. The summed E-state index contributed by atoms with van der Waals surface area (Å²) in [6.45, 7) is 3.72. The highest BCUT2D eigenvalue weighted by Crippen LogP contribution is 2.31. The molecule has 1 aromatic heterocycles. The van der Waals surface area contributed by atoms with Crippen LogP contribution in [0.3, 0.4) is 0 Å². The van der Waals surface area contributed by atoms with E-state index in [0.29, 0.717) is 10.6 Å². The second kappa shape index (κ2) is 8.33. The number of benzene rings is 2. The zero-order chi connectivity index (χ0) is 20.3. The molecule has 0 radical (unpaired) electrons. The predicted molar refractivity (Wildman–Crippen MR) is 120 cm³/mol. The molecule has 0 aliphatic carbocycles. The summed E-state index contributed by atoms with van der Waals surface area (Å²) in [5.74, 6) is -0.898. The minimum absolute atomic E-state index is 0.108. The average Bonchev–Trinajstić information content (AvgIpc) is 2.93. The molecule has 0 fully saturated rings. The summed E-state index contributed by atoms with van der Waals surface area (Å²) in [6, 6.07) is 13.9. The predicted octanol–water partition coefficient (Wildman–Crippen LogP) is 4.14. The molecule has 4 N–H and O–H groups in total. The fraction of sp³-hybridized carbons (Fsp3) is 0.0952. The molecule has 2 amide bonds. The van der Waals surface area contributed by atoms with Crippen LogP contribution >= 0.6 is 23.6 Å². The maximum atomic E-state index is 12.2. The number of fused-ring (bicyclic) bond motifs is 1. The van der Waals surface area contributed by atoms with Gasteiger partial charge in [0.1, 0.15) is 5.00 Å². The van der Waals surface area contributed by atoms with Crippen molar-refractivity contribution < 1.29 is 9.59 Å². The number of amides is 2. The van der Waals surface area contributed by atoms with E-state index in [4.69, 9.17) is 18.0 Å². The van der Waals surface area contributed by atoms with Crippen LogP contribution in [0.1, 0.15) is 26.4 Å². The first-order chi connectivity index (χ1) is 13.4. The van der Waals surface area contributed by atoms with Crippen molar-refractivity contribution in [3.63, 3.8) is 0 Å². The third-order valence-corrected chi connectivity index (χ3v) is 5.66. The van der Waals surface area contributed by atoms with Gasteiger partial charge in [-0.2, -0.15) is 0 Å². The average molecular weight is 410 g/mol. The van der Waals surface area contributed by atoms with E-state index >= 15 is 0 Å². The summed E-state index contributed by atoms with van der Waals surface area (Å²) >= 11 is 6.56. The maximum absolute atomic E-state index is 12.2. The molecule has 0 unspecified atom stereocenters. The zero-order valence-corrected chi connectivity index (χ0v) is 17.0. The molecule has 28 heavy (non-hydrogen) atoms. The largest absolute Gasteiger partial charge is 0.365 e. The first-order valence-corrected chi connectivity index (χ1v) is 9.77. The topological polar surface area (TPSA) is 84.2 Å². The second-order valence-electron chi connectivity index (χ2n) is 6.20. The fourth-order valence-corrected chi connectivity index (χ4v) is 4.20. The number of carbonyl (C=O) groups is 2. The molecule has 1 heterocycles. The number of anilines is 1. The Hall–Kier alpha value is -3.03. The van der Waals surface area contributed by atoms with Crippen molar-refractivity contribution in [1.29, 1.82) is 0 Å². The Morgan fingerprint density at radius 1 is 1.11 bits per heavy atom. The van der Waals surface area contributed by atoms with E-state index in [1.165, 1.54) is 17.4 Å². The molecule has 0 aliphatic heterocycles. The van der Waals surface area contributed by atoms with Crippen molar-refractivity contribution in [3.8, 4) is 0 Å². The number of rotatable bonds is 4. The highest BCUT2D eigenvalue weighted by Gasteiger charge is 2.18. The lowest BCUT2D eigenvalue weighted by molar-refractivity contribution is -0.115. The fourth-order valence-electron chi connectivity index (χ4n) is 2.86. The molecule has 2 aromatic carbocycles. The Kier molecular flexibility index (Phi) is 5.87. The standard InChI is InChI=1S/C21H19N3O2S2/c1-12-13(2)28-20(18(12)19(22)26)24-21(27)23-17(25)11-10-15-8-5-7-14-6-3-4-9-16(14)15/h3-11H,1-2H3,(H2,22,26)(H2,23,24,25,27). The molecule has 0 aliphatic rings. The van der Waals surface area contributed by atoms with E-state index in [-0.39, 0.29) is 11.0 Å². The normalized spacial score (nSPS) is 10.9. The van der Waals surface area contributed by atoms with Gasteiger partial charge in [0.15, 0.2) is 5.11 Å². The van der Waals surface area contributed by atoms with Crippen LogP contribution in [0.5, 0.6) is 0 Å². The van der Waals surface area contributed by atoms with Gasteiger partial charge in [-0.1, -0.05) is 42.5 Å². The van der Waals surface area contributed by atoms with E-state index in [1.54, 1.807) is 6.08 Å². The van der Waals surface area contributed by atoms with Gasteiger partial charge >= 0.3 is 0 Å². The molecule has 5 nitrogen and oxygen atoms in total. The number of aryl methyl sites for hydroxylation is 1. The van der Waals surface area contributed by atoms with Gasteiger partial charge < -0.3 is 11.1 Å². The van der Waals surface area contributed by atoms with Crippen LogP contribution < -0.4 is 16.4 Å². The first-order valence-electron chi connectivity index (χ1n) is 8.54. The van der Waals surface area contributed by atoms with E-state index in [1.807, 2.05) is 56.3 Å². The Bertz CT molecular complexity index is 1110. The van der Waals surface area contributed by atoms with Gasteiger partial charge in [-0.3, -0.25) is 14.9 Å². The second-order valence-corrected chi connectivity index (χ2v) is 7.83. The number of carbonyl (C=O) groups excluding carboxylic acids is 2. The summed E-state index contributed by atoms with van der Waals surface area (Å²) in [7, 11) is 0. The molecular formula is C21H19N3O2S2. The third kappa shape index (κ3) is 4.27. The third-order valence-electron chi connectivity index (χ3n) is 4.33. The lowest BCUT2D eigenvalue weighted by Gasteiger charge is -2.08. The van der Waals surface area contributed by atoms with Crippen LogP contribution in [0.4, 0.5) is 5.00 Å². The number of nitrogens with two attached hydrogens (primary N) is 1. The van der Waals surface area contributed by atoms with E-state index in [0.717, 1.165) is 26.8 Å². The van der Waals surface area contributed by atoms with Crippen LogP contribution in [0, 0.1) is 13.8 Å². The quantitative estimate of drug-likeness (QED) is 0.447. The molecule has 0 bridgehead atoms. The molecular weight excluding hydrogens is 390 g/mol. The molecule has 0 saturated carbocycles. The smallest absolute Gasteiger partial charge is 0.251 e. The van der Waals surface area contributed by atoms with Crippen molar-refractivity contribution in [2.45, 2.75) is 13.8 Å². The molecule has 3 rings (SSSR count). The van der Waals surface area contributed by atoms with E-state index in [2.05, 4.69) is 10.6 Å². The lowest BCUT2D eigenvalue weighted by atomic mass is 10.0. The molecule has 0 saturated heterocycles. The lowest BCUT2D eigenvalue weighted by Crippen LogP contribution is -2.33. The minimum Gasteiger partial charge on any atom is -0.365 e. The number of hydrogen-bond acceptors (Lipinski definition) is 4. The summed E-state index contributed by atoms with van der Waals surface area (Å²) < 4.78 is 0. The van der Waals surface area contributed by atoms with Crippen molar-refractivity contribution in [2.75, 3.05) is 5.32 Å². The van der Waals surface area contributed by atoms with Gasteiger partial charge in [0.25, 0.3) is 5.91 Å². The SMILES string of the molecule is Cc1sc(NC(=S)NC(=O)C=Cc2cccc3ccccc23)c(C(N)=O)c1C. The van der Waals surface area contributed by atoms with Crippen molar-refractivity contribution in [2.24, 2.45) is 5.73 Å². The Balaban J connectivity index is 1.70. The molecule has 142 valence electrons. The maximum Gasteiger partial charge on any atom is 0.251 e. The van der Waals surface area contributed by atoms with Crippen LogP contribution in [0.2, 0.25) is 0 Å². The van der Waals surface area contributed by atoms with Crippen LogP contribution in [0.15, 0.2) is 48.5 Å². The molecule has 0 atom stereocenters. The zero-order valence-electron chi connectivity index (χ0n) is 15.4. The van der Waals surface area contributed by atoms with Gasteiger partial charge in [-0.15, -0.1) is 11.3 Å². The summed E-state index contributed by atoms with van der Waals surface area (Å²) in [6.07, 6.45) is 3.17. The Labute approximate surface area is 172 Å².